The Hall–Kier alpha value is -0.380. The molecule has 0 bridgehead atoms. The Morgan fingerprint density at radius 3 is 1.71 bits per heavy atom. The molecule has 0 aliphatic carbocycles. The summed E-state index contributed by atoms with van der Waals surface area (Å²) in [7, 11) is -3.47. The minimum atomic E-state index is -5.48. The summed E-state index contributed by atoms with van der Waals surface area (Å²) in [6, 6.07) is 0. The minimum absolute atomic E-state index is 0.996. The number of rotatable bonds is 4. The number of hydrogen-bond donors (Lipinski definition) is 1. The van der Waals surface area contributed by atoms with Crippen LogP contribution in [-0.4, -0.2) is 34.1 Å². The standard InChI is InChI=1S/C5H10F3NO4S/c1-4(12-2,13-3)9-14(10,11)5(6,7)8/h9H,1-3H3. The van der Waals surface area contributed by atoms with Crippen molar-refractivity contribution in [3.63, 3.8) is 0 Å². The van der Waals surface area contributed by atoms with Gasteiger partial charge in [0, 0.05) is 21.1 Å². The maximum absolute atomic E-state index is 11.9. The summed E-state index contributed by atoms with van der Waals surface area (Å²) in [4.78, 5) is 0. The fourth-order valence-corrected chi connectivity index (χ4v) is 1.24. The summed E-state index contributed by atoms with van der Waals surface area (Å²) in [5, 5.41) is 0. The lowest BCUT2D eigenvalue weighted by atomic mass is 10.6. The van der Waals surface area contributed by atoms with Gasteiger partial charge in [-0.05, 0) is 0 Å². The summed E-state index contributed by atoms with van der Waals surface area (Å²) in [6.07, 6.45) is 0. The second kappa shape index (κ2) is 4.01. The van der Waals surface area contributed by atoms with Gasteiger partial charge < -0.3 is 9.47 Å². The van der Waals surface area contributed by atoms with Gasteiger partial charge in [0.25, 0.3) is 0 Å². The van der Waals surface area contributed by atoms with Gasteiger partial charge in [-0.25, -0.2) is 8.42 Å². The highest BCUT2D eigenvalue weighted by Gasteiger charge is 2.49. The first-order valence-electron chi connectivity index (χ1n) is 3.28. The monoisotopic (exact) mass is 237 g/mol. The van der Waals surface area contributed by atoms with Gasteiger partial charge >= 0.3 is 15.5 Å². The van der Waals surface area contributed by atoms with E-state index in [1.165, 1.54) is 4.72 Å². The van der Waals surface area contributed by atoms with Crippen LogP contribution in [0.2, 0.25) is 0 Å². The largest absolute Gasteiger partial charge is 0.511 e. The molecule has 0 aliphatic heterocycles. The highest BCUT2D eigenvalue weighted by Crippen LogP contribution is 2.24. The van der Waals surface area contributed by atoms with Gasteiger partial charge in [-0.2, -0.15) is 17.9 Å². The molecule has 0 rings (SSSR count). The third kappa shape index (κ3) is 3.08. The molecule has 0 aliphatic rings. The van der Waals surface area contributed by atoms with Crippen molar-refractivity contribution in [2.24, 2.45) is 0 Å². The summed E-state index contributed by atoms with van der Waals surface area (Å²) < 4.78 is 66.8. The predicted molar refractivity (Wildman–Crippen MR) is 40.5 cm³/mol. The molecule has 0 aromatic heterocycles. The molecule has 0 spiro atoms. The van der Waals surface area contributed by atoms with E-state index >= 15 is 0 Å². The maximum Gasteiger partial charge on any atom is 0.511 e. The molecule has 0 heterocycles. The Morgan fingerprint density at radius 2 is 1.50 bits per heavy atom. The van der Waals surface area contributed by atoms with Crippen LogP contribution in [0.5, 0.6) is 0 Å². The molecule has 14 heavy (non-hydrogen) atoms. The molecule has 0 atom stereocenters. The Morgan fingerprint density at radius 1 is 1.14 bits per heavy atom. The highest BCUT2D eigenvalue weighted by atomic mass is 32.2. The third-order valence-electron chi connectivity index (χ3n) is 1.40. The van der Waals surface area contributed by atoms with Crippen molar-refractivity contribution < 1.29 is 31.1 Å². The second-order valence-corrected chi connectivity index (χ2v) is 4.08. The minimum Gasteiger partial charge on any atom is -0.340 e. The molecular formula is C5H10F3NO4S. The summed E-state index contributed by atoms with van der Waals surface area (Å²) in [5.41, 5.74) is -5.40. The van der Waals surface area contributed by atoms with Crippen LogP contribution in [-0.2, 0) is 19.5 Å². The molecule has 0 amide bonds. The molecule has 0 fully saturated rings. The molecular weight excluding hydrogens is 227 g/mol. The Kier molecular flexibility index (Phi) is 3.90. The number of nitrogens with one attached hydrogen (secondary N) is 1. The van der Waals surface area contributed by atoms with Crippen LogP contribution in [0.1, 0.15) is 6.92 Å². The zero-order valence-electron chi connectivity index (χ0n) is 7.68. The van der Waals surface area contributed by atoms with Crippen molar-refractivity contribution in [1.82, 2.24) is 4.72 Å². The molecule has 0 radical (unpaired) electrons. The van der Waals surface area contributed by atoms with Crippen molar-refractivity contribution in [3.8, 4) is 0 Å². The molecule has 86 valence electrons. The van der Waals surface area contributed by atoms with Crippen LogP contribution in [0.3, 0.4) is 0 Å². The van der Waals surface area contributed by atoms with Crippen LogP contribution in [0.15, 0.2) is 0 Å². The zero-order valence-corrected chi connectivity index (χ0v) is 8.49. The van der Waals surface area contributed by atoms with Gasteiger partial charge in [-0.15, -0.1) is 0 Å². The van der Waals surface area contributed by atoms with Crippen molar-refractivity contribution >= 4 is 10.0 Å². The molecule has 0 aromatic rings. The normalized spacial score (nSPS) is 14.4. The zero-order chi connectivity index (χ0) is 11.6. The quantitative estimate of drug-likeness (QED) is 0.718. The first-order valence-corrected chi connectivity index (χ1v) is 4.77. The van der Waals surface area contributed by atoms with Gasteiger partial charge in [-0.3, -0.25) is 0 Å². The van der Waals surface area contributed by atoms with Gasteiger partial charge in [0.1, 0.15) is 0 Å². The molecule has 0 aromatic carbocycles. The van der Waals surface area contributed by atoms with Crippen LogP contribution in [0, 0.1) is 0 Å². The number of halogens is 3. The summed E-state index contributed by atoms with van der Waals surface area (Å²) in [6.45, 7) is 0.996. The predicted octanol–water partition coefficient (Wildman–Crippen LogP) is 0.392. The van der Waals surface area contributed by atoms with Crippen molar-refractivity contribution in [2.45, 2.75) is 18.3 Å². The maximum atomic E-state index is 11.9. The van der Waals surface area contributed by atoms with E-state index in [1.807, 2.05) is 0 Å². The highest BCUT2D eigenvalue weighted by molar-refractivity contribution is 7.90. The van der Waals surface area contributed by atoms with Crippen molar-refractivity contribution in [1.29, 1.82) is 0 Å². The van der Waals surface area contributed by atoms with Gasteiger partial charge in [0.05, 0.1) is 0 Å². The SMILES string of the molecule is COC(C)(NS(=O)(=O)C(F)(F)F)OC. The number of sulfonamides is 1. The lowest BCUT2D eigenvalue weighted by Crippen LogP contribution is -2.52. The van der Waals surface area contributed by atoms with Crippen molar-refractivity contribution in [2.75, 3.05) is 14.2 Å². The van der Waals surface area contributed by atoms with E-state index in [4.69, 9.17) is 0 Å². The summed E-state index contributed by atoms with van der Waals surface area (Å²) >= 11 is 0. The number of ether oxygens (including phenoxy) is 2. The van der Waals surface area contributed by atoms with E-state index in [0.717, 1.165) is 21.1 Å². The van der Waals surface area contributed by atoms with Crippen LogP contribution in [0.4, 0.5) is 13.2 Å². The molecule has 1 N–H and O–H groups in total. The van der Waals surface area contributed by atoms with E-state index in [2.05, 4.69) is 9.47 Å². The fourth-order valence-electron chi connectivity index (χ4n) is 0.469. The van der Waals surface area contributed by atoms with Crippen LogP contribution < -0.4 is 4.72 Å². The van der Waals surface area contributed by atoms with Crippen LogP contribution >= 0.6 is 0 Å². The lowest BCUT2D eigenvalue weighted by molar-refractivity contribution is -0.202. The van der Waals surface area contributed by atoms with Crippen molar-refractivity contribution in [3.05, 3.63) is 0 Å². The third-order valence-corrected chi connectivity index (χ3v) is 2.65. The molecule has 9 heteroatoms. The van der Waals surface area contributed by atoms with E-state index in [-0.39, 0.29) is 0 Å². The average Bonchev–Trinajstić information content (AvgIpc) is 2.01. The topological polar surface area (TPSA) is 64.6 Å². The van der Waals surface area contributed by atoms with E-state index in [1.54, 1.807) is 0 Å². The molecule has 0 saturated carbocycles. The fraction of sp³-hybridized carbons (Fsp3) is 1.00. The average molecular weight is 237 g/mol. The Labute approximate surface area is 79.2 Å². The first-order chi connectivity index (χ1) is 6.08. The summed E-state index contributed by atoms with van der Waals surface area (Å²) in [5.74, 6) is -2.03. The Balaban J connectivity index is 4.85. The molecule has 0 unspecified atom stereocenters. The number of alkyl halides is 3. The van der Waals surface area contributed by atoms with Crippen LogP contribution in [0.25, 0.3) is 0 Å². The van der Waals surface area contributed by atoms with Gasteiger partial charge in [-0.1, -0.05) is 0 Å². The second-order valence-electron chi connectivity index (χ2n) is 2.41. The molecule has 5 nitrogen and oxygen atoms in total. The molecule has 0 saturated heterocycles. The smallest absolute Gasteiger partial charge is 0.340 e. The Bertz CT molecular complexity index is 282. The lowest BCUT2D eigenvalue weighted by Gasteiger charge is -2.27. The van der Waals surface area contributed by atoms with E-state index < -0.39 is 21.4 Å². The van der Waals surface area contributed by atoms with Gasteiger partial charge in [0.15, 0.2) is 0 Å². The van der Waals surface area contributed by atoms with Gasteiger partial charge in [0.2, 0.25) is 5.91 Å². The first kappa shape index (κ1) is 13.6. The van der Waals surface area contributed by atoms with E-state index in [9.17, 15) is 21.6 Å². The van der Waals surface area contributed by atoms with E-state index in [0.29, 0.717) is 0 Å². The number of hydrogen-bond acceptors (Lipinski definition) is 4. The number of methoxy groups -OCH3 is 2.